The van der Waals surface area contributed by atoms with Crippen LogP contribution in [0.2, 0.25) is 0 Å². The molecular weight excluding hydrogens is 244 g/mol. The van der Waals surface area contributed by atoms with Gasteiger partial charge < -0.3 is 10.6 Å². The van der Waals surface area contributed by atoms with Gasteiger partial charge in [0.25, 0.3) is 5.91 Å². The van der Waals surface area contributed by atoms with E-state index in [0.717, 1.165) is 16.7 Å². The fourth-order valence-electron chi connectivity index (χ4n) is 1.93. The van der Waals surface area contributed by atoms with Crippen LogP contribution in [0.3, 0.4) is 0 Å². The van der Waals surface area contributed by atoms with E-state index in [4.69, 9.17) is 18.0 Å². The summed E-state index contributed by atoms with van der Waals surface area (Å²) in [5.41, 5.74) is 8.41. The number of hydrogen-bond acceptors (Lipinski definition) is 2. The second-order valence-electron chi connectivity index (χ2n) is 4.48. The van der Waals surface area contributed by atoms with Crippen LogP contribution in [0.15, 0.2) is 18.2 Å². The van der Waals surface area contributed by atoms with Gasteiger partial charge in [-0.25, -0.2) is 0 Å². The van der Waals surface area contributed by atoms with Crippen molar-refractivity contribution < 1.29 is 4.79 Å². The number of nitrogens with zero attached hydrogens (tertiary/aromatic N) is 1. The Kier molecular flexibility index (Phi) is 5.28. The van der Waals surface area contributed by atoms with Gasteiger partial charge in [0.05, 0.1) is 4.99 Å². The van der Waals surface area contributed by atoms with Crippen LogP contribution in [0, 0.1) is 13.8 Å². The first-order valence-electron chi connectivity index (χ1n) is 6.10. The summed E-state index contributed by atoms with van der Waals surface area (Å²) in [4.78, 5) is 14.6. The number of aryl methyl sites for hydroxylation is 2. The molecule has 0 fully saturated rings. The second-order valence-corrected chi connectivity index (χ2v) is 5.00. The molecule has 0 saturated heterocycles. The lowest BCUT2D eigenvalue weighted by Crippen LogP contribution is -2.33. The van der Waals surface area contributed by atoms with Gasteiger partial charge in [0.15, 0.2) is 0 Å². The smallest absolute Gasteiger partial charge is 0.253 e. The van der Waals surface area contributed by atoms with Gasteiger partial charge in [-0.05, 0) is 32.9 Å². The molecule has 0 aromatic heterocycles. The van der Waals surface area contributed by atoms with Crippen molar-refractivity contribution in [2.75, 3.05) is 13.1 Å². The van der Waals surface area contributed by atoms with Gasteiger partial charge in [-0.2, -0.15) is 0 Å². The number of thiocarbonyl (C=S) groups is 1. The molecule has 1 aromatic rings. The zero-order valence-corrected chi connectivity index (χ0v) is 12.0. The SMILES string of the molecule is CCN(CCC(N)=S)C(=O)c1cc(C)cc(C)c1. The highest BCUT2D eigenvalue weighted by atomic mass is 32.1. The Hall–Kier alpha value is -1.42. The standard InChI is InChI=1S/C14H20N2OS/c1-4-16(6-5-13(15)18)14(17)12-8-10(2)7-11(3)9-12/h7-9H,4-6H2,1-3H3,(H2,15,18). The Morgan fingerprint density at radius 3 is 2.28 bits per heavy atom. The van der Waals surface area contributed by atoms with Crippen molar-refractivity contribution in [1.29, 1.82) is 0 Å². The van der Waals surface area contributed by atoms with Crippen molar-refractivity contribution in [2.24, 2.45) is 5.73 Å². The van der Waals surface area contributed by atoms with Crippen molar-refractivity contribution in [3.8, 4) is 0 Å². The summed E-state index contributed by atoms with van der Waals surface area (Å²) in [6, 6.07) is 5.89. The van der Waals surface area contributed by atoms with Gasteiger partial charge in [-0.3, -0.25) is 4.79 Å². The Morgan fingerprint density at radius 1 is 1.28 bits per heavy atom. The van der Waals surface area contributed by atoms with Crippen LogP contribution in [-0.4, -0.2) is 28.9 Å². The average Bonchev–Trinajstić information content (AvgIpc) is 2.27. The quantitative estimate of drug-likeness (QED) is 0.831. The van der Waals surface area contributed by atoms with E-state index >= 15 is 0 Å². The molecule has 4 heteroatoms. The fraction of sp³-hybridized carbons (Fsp3) is 0.429. The van der Waals surface area contributed by atoms with Crippen molar-refractivity contribution in [2.45, 2.75) is 27.2 Å². The first-order chi connectivity index (χ1) is 8.43. The average molecular weight is 264 g/mol. The zero-order chi connectivity index (χ0) is 13.7. The lowest BCUT2D eigenvalue weighted by molar-refractivity contribution is 0.0768. The topological polar surface area (TPSA) is 46.3 Å². The number of benzene rings is 1. The molecule has 0 atom stereocenters. The molecule has 0 saturated carbocycles. The minimum Gasteiger partial charge on any atom is -0.393 e. The summed E-state index contributed by atoms with van der Waals surface area (Å²) in [6.45, 7) is 7.19. The third-order valence-corrected chi connectivity index (χ3v) is 2.97. The number of hydrogen-bond donors (Lipinski definition) is 1. The molecule has 0 spiro atoms. The van der Waals surface area contributed by atoms with Gasteiger partial charge >= 0.3 is 0 Å². The summed E-state index contributed by atoms with van der Waals surface area (Å²) in [5.74, 6) is 0.0422. The van der Waals surface area contributed by atoms with Crippen LogP contribution in [0.1, 0.15) is 34.8 Å². The fourth-order valence-corrected chi connectivity index (χ4v) is 2.02. The second kappa shape index (κ2) is 6.50. The molecule has 1 amide bonds. The number of nitrogens with two attached hydrogens (primary N) is 1. The molecule has 0 radical (unpaired) electrons. The molecular formula is C14H20N2OS. The van der Waals surface area contributed by atoms with E-state index in [-0.39, 0.29) is 5.91 Å². The third-order valence-electron chi connectivity index (χ3n) is 2.77. The van der Waals surface area contributed by atoms with E-state index in [1.807, 2.05) is 32.9 Å². The van der Waals surface area contributed by atoms with E-state index < -0.39 is 0 Å². The molecule has 2 N–H and O–H groups in total. The zero-order valence-electron chi connectivity index (χ0n) is 11.2. The van der Waals surface area contributed by atoms with E-state index in [1.165, 1.54) is 0 Å². The van der Waals surface area contributed by atoms with Crippen LogP contribution < -0.4 is 5.73 Å². The Labute approximate surface area is 114 Å². The van der Waals surface area contributed by atoms with Gasteiger partial charge in [0.2, 0.25) is 0 Å². The highest BCUT2D eigenvalue weighted by molar-refractivity contribution is 7.80. The minimum absolute atomic E-state index is 0.0422. The molecule has 18 heavy (non-hydrogen) atoms. The van der Waals surface area contributed by atoms with Crippen molar-refractivity contribution in [1.82, 2.24) is 4.90 Å². The summed E-state index contributed by atoms with van der Waals surface area (Å²) < 4.78 is 0. The summed E-state index contributed by atoms with van der Waals surface area (Å²) in [7, 11) is 0. The van der Waals surface area contributed by atoms with Crippen molar-refractivity contribution in [3.63, 3.8) is 0 Å². The van der Waals surface area contributed by atoms with E-state index in [0.29, 0.717) is 24.5 Å². The normalized spacial score (nSPS) is 10.2. The van der Waals surface area contributed by atoms with E-state index in [1.54, 1.807) is 4.90 Å². The summed E-state index contributed by atoms with van der Waals surface area (Å²) >= 11 is 4.85. The Balaban J connectivity index is 2.85. The molecule has 3 nitrogen and oxygen atoms in total. The maximum absolute atomic E-state index is 12.3. The maximum atomic E-state index is 12.3. The number of rotatable bonds is 5. The summed E-state index contributed by atoms with van der Waals surface area (Å²) in [6.07, 6.45) is 0.569. The minimum atomic E-state index is 0.0422. The number of carbonyl (C=O) groups is 1. The number of carbonyl (C=O) groups excluding carboxylic acids is 1. The summed E-state index contributed by atoms with van der Waals surface area (Å²) in [5, 5.41) is 0. The van der Waals surface area contributed by atoms with Crippen molar-refractivity contribution >= 4 is 23.1 Å². The molecule has 98 valence electrons. The maximum Gasteiger partial charge on any atom is 0.253 e. The molecule has 0 bridgehead atoms. The highest BCUT2D eigenvalue weighted by Crippen LogP contribution is 2.11. The van der Waals surface area contributed by atoms with Gasteiger partial charge in [-0.1, -0.05) is 29.4 Å². The van der Waals surface area contributed by atoms with Crippen LogP contribution >= 0.6 is 12.2 Å². The van der Waals surface area contributed by atoms with Crippen LogP contribution in [0.5, 0.6) is 0 Å². The molecule has 0 aliphatic rings. The molecule has 0 aliphatic carbocycles. The Morgan fingerprint density at radius 2 is 1.83 bits per heavy atom. The number of amides is 1. The van der Waals surface area contributed by atoms with Crippen LogP contribution in [-0.2, 0) is 0 Å². The first kappa shape index (κ1) is 14.6. The molecule has 0 unspecified atom stereocenters. The third kappa shape index (κ3) is 4.11. The molecule has 1 rings (SSSR count). The lowest BCUT2D eigenvalue weighted by Gasteiger charge is -2.21. The van der Waals surface area contributed by atoms with Crippen LogP contribution in [0.4, 0.5) is 0 Å². The predicted octanol–water partition coefficient (Wildman–Crippen LogP) is 2.44. The molecule has 0 heterocycles. The van der Waals surface area contributed by atoms with Crippen molar-refractivity contribution in [3.05, 3.63) is 34.9 Å². The monoisotopic (exact) mass is 264 g/mol. The van der Waals surface area contributed by atoms with E-state index in [9.17, 15) is 4.79 Å². The van der Waals surface area contributed by atoms with E-state index in [2.05, 4.69) is 6.07 Å². The first-order valence-corrected chi connectivity index (χ1v) is 6.50. The molecule has 0 aliphatic heterocycles. The van der Waals surface area contributed by atoms with Gasteiger partial charge in [0, 0.05) is 25.1 Å². The highest BCUT2D eigenvalue weighted by Gasteiger charge is 2.14. The predicted molar refractivity (Wildman–Crippen MR) is 78.9 cm³/mol. The Bertz CT molecular complexity index is 437. The largest absolute Gasteiger partial charge is 0.393 e. The van der Waals surface area contributed by atoms with Gasteiger partial charge in [-0.15, -0.1) is 0 Å². The lowest BCUT2D eigenvalue weighted by atomic mass is 10.1. The van der Waals surface area contributed by atoms with Crippen LogP contribution in [0.25, 0.3) is 0 Å². The van der Waals surface area contributed by atoms with Gasteiger partial charge in [0.1, 0.15) is 0 Å². The molecule has 1 aromatic carbocycles.